The van der Waals surface area contributed by atoms with Gasteiger partial charge in [-0.25, -0.2) is 0 Å². The highest BCUT2D eigenvalue weighted by Gasteiger charge is 2.16. The molecule has 0 aliphatic carbocycles. The predicted octanol–water partition coefficient (Wildman–Crippen LogP) is 2.50. The molecule has 1 unspecified atom stereocenters. The van der Waals surface area contributed by atoms with E-state index < -0.39 is 0 Å². The van der Waals surface area contributed by atoms with Gasteiger partial charge < -0.3 is 14.6 Å². The summed E-state index contributed by atoms with van der Waals surface area (Å²) >= 11 is 0. The first kappa shape index (κ1) is 11.9. The van der Waals surface area contributed by atoms with Gasteiger partial charge in [-0.2, -0.15) is 0 Å². The van der Waals surface area contributed by atoms with E-state index in [1.54, 1.807) is 12.1 Å². The maximum Gasteiger partial charge on any atom is 0.199 e. The van der Waals surface area contributed by atoms with Gasteiger partial charge in [0.25, 0.3) is 0 Å². The number of ketones is 1. The summed E-state index contributed by atoms with van der Waals surface area (Å²) in [6, 6.07) is 4.66. The van der Waals surface area contributed by atoms with Crippen molar-refractivity contribution in [3.63, 3.8) is 0 Å². The van der Waals surface area contributed by atoms with Crippen molar-refractivity contribution in [1.82, 2.24) is 0 Å². The first-order valence-electron chi connectivity index (χ1n) is 5.79. The summed E-state index contributed by atoms with van der Waals surface area (Å²) < 4.78 is 11.1. The summed E-state index contributed by atoms with van der Waals surface area (Å²) in [5, 5.41) is 9.50. The van der Waals surface area contributed by atoms with Gasteiger partial charge in [-0.15, -0.1) is 0 Å². The minimum absolute atomic E-state index is 0.0191. The van der Waals surface area contributed by atoms with E-state index in [4.69, 9.17) is 9.47 Å². The third kappa shape index (κ3) is 2.97. The molecule has 0 saturated carbocycles. The molecule has 1 fully saturated rings. The second-order valence-corrected chi connectivity index (χ2v) is 4.15. The van der Waals surface area contributed by atoms with E-state index in [1.807, 2.05) is 0 Å². The quantitative estimate of drug-likeness (QED) is 0.819. The van der Waals surface area contributed by atoms with Gasteiger partial charge in [0.15, 0.2) is 12.1 Å². The van der Waals surface area contributed by atoms with E-state index >= 15 is 0 Å². The molecule has 0 amide bonds. The molecule has 1 N–H and O–H groups in total. The van der Waals surface area contributed by atoms with E-state index in [-0.39, 0.29) is 23.4 Å². The highest BCUT2D eigenvalue weighted by atomic mass is 16.7. The second-order valence-electron chi connectivity index (χ2n) is 4.15. The van der Waals surface area contributed by atoms with Crippen molar-refractivity contribution in [2.75, 3.05) is 6.61 Å². The van der Waals surface area contributed by atoms with Gasteiger partial charge >= 0.3 is 0 Å². The molecule has 17 heavy (non-hydrogen) atoms. The monoisotopic (exact) mass is 236 g/mol. The van der Waals surface area contributed by atoms with Gasteiger partial charge in [0.05, 0.1) is 12.2 Å². The van der Waals surface area contributed by atoms with Crippen LogP contribution in [0.25, 0.3) is 0 Å². The Morgan fingerprint density at radius 1 is 1.47 bits per heavy atom. The SMILES string of the molecule is CC(=O)c1cc(OC2CCCCO2)ccc1O. The summed E-state index contributed by atoms with van der Waals surface area (Å²) in [5.74, 6) is 0.354. The molecule has 1 aliphatic heterocycles. The molecule has 0 bridgehead atoms. The van der Waals surface area contributed by atoms with Gasteiger partial charge in [0, 0.05) is 6.42 Å². The van der Waals surface area contributed by atoms with Crippen LogP contribution < -0.4 is 4.74 Å². The fourth-order valence-corrected chi connectivity index (χ4v) is 1.83. The molecule has 0 spiro atoms. The lowest BCUT2D eigenvalue weighted by Crippen LogP contribution is -2.25. The number of phenolic OH excluding ortho intramolecular Hbond substituents is 1. The standard InChI is InChI=1S/C13H16O4/c1-9(14)11-8-10(5-6-12(11)15)17-13-4-2-3-7-16-13/h5-6,8,13,15H,2-4,7H2,1H3. The number of rotatable bonds is 3. The fraction of sp³-hybridized carbons (Fsp3) is 0.462. The van der Waals surface area contributed by atoms with Crippen LogP contribution >= 0.6 is 0 Å². The molecule has 1 atom stereocenters. The molecule has 2 rings (SSSR count). The zero-order chi connectivity index (χ0) is 12.3. The van der Waals surface area contributed by atoms with Gasteiger partial charge in [-0.05, 0) is 38.0 Å². The summed E-state index contributed by atoms with van der Waals surface area (Å²) in [6.07, 6.45) is 2.76. The predicted molar refractivity (Wildman–Crippen MR) is 62.3 cm³/mol. The molecule has 1 aromatic carbocycles. The highest BCUT2D eigenvalue weighted by Crippen LogP contribution is 2.25. The van der Waals surface area contributed by atoms with E-state index in [1.165, 1.54) is 13.0 Å². The molecule has 1 saturated heterocycles. The van der Waals surface area contributed by atoms with Gasteiger partial charge in [0.2, 0.25) is 0 Å². The van der Waals surface area contributed by atoms with E-state index in [0.29, 0.717) is 12.4 Å². The largest absolute Gasteiger partial charge is 0.507 e. The van der Waals surface area contributed by atoms with Crippen LogP contribution in [-0.2, 0) is 4.74 Å². The molecule has 4 nitrogen and oxygen atoms in total. The average molecular weight is 236 g/mol. The molecular formula is C13H16O4. The van der Waals surface area contributed by atoms with E-state index in [2.05, 4.69) is 0 Å². The Labute approximate surface area is 100 Å². The summed E-state index contributed by atoms with van der Waals surface area (Å²) in [7, 11) is 0. The zero-order valence-electron chi connectivity index (χ0n) is 9.81. The van der Waals surface area contributed by atoms with E-state index in [0.717, 1.165) is 19.3 Å². The van der Waals surface area contributed by atoms with Crippen LogP contribution in [0.1, 0.15) is 36.5 Å². The Kier molecular flexibility index (Phi) is 3.64. The number of aromatic hydroxyl groups is 1. The maximum absolute atomic E-state index is 11.3. The average Bonchev–Trinajstić information content (AvgIpc) is 2.32. The van der Waals surface area contributed by atoms with Crippen molar-refractivity contribution in [3.8, 4) is 11.5 Å². The smallest absolute Gasteiger partial charge is 0.199 e. The summed E-state index contributed by atoms with van der Waals surface area (Å²) in [5.41, 5.74) is 0.276. The number of hydrogen-bond donors (Lipinski definition) is 1. The second kappa shape index (κ2) is 5.19. The third-order valence-corrected chi connectivity index (χ3v) is 2.75. The van der Waals surface area contributed by atoms with E-state index in [9.17, 15) is 9.90 Å². The van der Waals surface area contributed by atoms with Crippen LogP contribution in [0.3, 0.4) is 0 Å². The minimum Gasteiger partial charge on any atom is -0.507 e. The van der Waals surface area contributed by atoms with Crippen molar-refractivity contribution in [3.05, 3.63) is 23.8 Å². The molecular weight excluding hydrogens is 220 g/mol. The maximum atomic E-state index is 11.3. The van der Waals surface area contributed by atoms with Gasteiger partial charge in [-0.3, -0.25) is 4.79 Å². The van der Waals surface area contributed by atoms with Crippen LogP contribution in [0.15, 0.2) is 18.2 Å². The fourth-order valence-electron chi connectivity index (χ4n) is 1.83. The third-order valence-electron chi connectivity index (χ3n) is 2.75. The minimum atomic E-state index is -0.242. The van der Waals surface area contributed by atoms with Crippen LogP contribution in [0.4, 0.5) is 0 Å². The van der Waals surface area contributed by atoms with Crippen molar-refractivity contribution in [1.29, 1.82) is 0 Å². The molecule has 92 valence electrons. The van der Waals surface area contributed by atoms with Crippen LogP contribution in [0.5, 0.6) is 11.5 Å². The lowest BCUT2D eigenvalue weighted by Gasteiger charge is -2.23. The first-order valence-corrected chi connectivity index (χ1v) is 5.79. The summed E-state index contributed by atoms with van der Waals surface area (Å²) in [4.78, 5) is 11.3. The van der Waals surface area contributed by atoms with Crippen molar-refractivity contribution < 1.29 is 19.4 Å². The molecule has 0 radical (unpaired) electrons. The Hall–Kier alpha value is -1.55. The lowest BCUT2D eigenvalue weighted by atomic mass is 10.1. The molecule has 0 aromatic heterocycles. The van der Waals surface area contributed by atoms with Gasteiger partial charge in [0.1, 0.15) is 11.5 Å². The Morgan fingerprint density at radius 3 is 2.94 bits per heavy atom. The van der Waals surface area contributed by atoms with Crippen LogP contribution in [0.2, 0.25) is 0 Å². The van der Waals surface area contributed by atoms with Crippen molar-refractivity contribution in [2.24, 2.45) is 0 Å². The van der Waals surface area contributed by atoms with Crippen molar-refractivity contribution in [2.45, 2.75) is 32.5 Å². The summed E-state index contributed by atoms with van der Waals surface area (Å²) in [6.45, 7) is 2.12. The topological polar surface area (TPSA) is 55.8 Å². The molecule has 1 heterocycles. The first-order chi connectivity index (χ1) is 8.16. The van der Waals surface area contributed by atoms with Crippen LogP contribution in [-0.4, -0.2) is 23.8 Å². The Balaban J connectivity index is 2.10. The normalized spacial score (nSPS) is 19.9. The Morgan fingerprint density at radius 2 is 2.29 bits per heavy atom. The molecule has 1 aliphatic rings. The lowest BCUT2D eigenvalue weighted by molar-refractivity contribution is -0.105. The molecule has 4 heteroatoms. The highest BCUT2D eigenvalue weighted by molar-refractivity contribution is 5.97. The Bertz CT molecular complexity index is 408. The number of benzene rings is 1. The number of ether oxygens (including phenoxy) is 2. The number of carbonyl (C=O) groups excluding carboxylic acids is 1. The van der Waals surface area contributed by atoms with Gasteiger partial charge in [-0.1, -0.05) is 0 Å². The van der Waals surface area contributed by atoms with Crippen LogP contribution in [0, 0.1) is 0 Å². The van der Waals surface area contributed by atoms with Crippen molar-refractivity contribution >= 4 is 5.78 Å². The molecule has 1 aromatic rings. The zero-order valence-corrected chi connectivity index (χ0v) is 9.81. The number of carbonyl (C=O) groups is 1. The number of hydrogen-bond acceptors (Lipinski definition) is 4. The number of phenols is 1. The number of Topliss-reactive ketones (excluding diaryl/α,β-unsaturated/α-hetero) is 1.